The Morgan fingerprint density at radius 3 is 2.44 bits per heavy atom. The lowest BCUT2D eigenvalue weighted by Crippen LogP contribution is -2.36. The van der Waals surface area contributed by atoms with Crippen molar-refractivity contribution in [1.29, 1.82) is 0 Å². The second-order valence-electron chi connectivity index (χ2n) is 6.93. The predicted molar refractivity (Wildman–Crippen MR) is 96.8 cm³/mol. The Balaban J connectivity index is 1.92. The predicted octanol–water partition coefficient (Wildman–Crippen LogP) is 3.03. The number of hydrogen-bond donors (Lipinski definition) is 2. The highest BCUT2D eigenvalue weighted by molar-refractivity contribution is 5.44. The van der Waals surface area contributed by atoms with Gasteiger partial charge in [-0.05, 0) is 50.3 Å². The van der Waals surface area contributed by atoms with E-state index >= 15 is 0 Å². The van der Waals surface area contributed by atoms with E-state index < -0.39 is 6.10 Å². The molecule has 138 valence electrons. The highest BCUT2D eigenvalue weighted by Gasteiger charge is 2.22. The Labute approximate surface area is 149 Å². The van der Waals surface area contributed by atoms with E-state index in [9.17, 15) is 5.11 Å². The summed E-state index contributed by atoms with van der Waals surface area (Å²) in [6.45, 7) is 12.6. The van der Waals surface area contributed by atoms with E-state index in [-0.39, 0.29) is 18.6 Å². The third-order valence-electron chi connectivity index (χ3n) is 4.34. The number of ether oxygens (including phenoxy) is 1. The minimum Gasteiger partial charge on any atom is -0.490 e. The summed E-state index contributed by atoms with van der Waals surface area (Å²) >= 11 is 0. The average molecular weight is 347 g/mol. The van der Waals surface area contributed by atoms with Crippen molar-refractivity contribution >= 4 is 0 Å². The number of nitrogens with one attached hydrogen (secondary N) is 1. The van der Waals surface area contributed by atoms with Gasteiger partial charge in [0.1, 0.15) is 18.5 Å². The highest BCUT2D eigenvalue weighted by atomic mass is 16.5. The highest BCUT2D eigenvalue weighted by Crippen LogP contribution is 2.26. The first-order chi connectivity index (χ1) is 11.8. The second-order valence-corrected chi connectivity index (χ2v) is 6.93. The maximum atomic E-state index is 10.3. The van der Waals surface area contributed by atoms with Gasteiger partial charge in [-0.3, -0.25) is 0 Å². The molecule has 0 saturated carbocycles. The molecular formula is C19H29N3O3. The van der Waals surface area contributed by atoms with Gasteiger partial charge >= 0.3 is 0 Å². The maximum absolute atomic E-state index is 10.3. The summed E-state index contributed by atoms with van der Waals surface area (Å²) in [5.74, 6) is 2.27. The standard InChI is InChI=1S/C19H29N3O3/c1-11(2)17(19-21-15(6)22-25-19)20-9-16(23)10-24-18-13(4)8-7-12(3)14(18)5/h7-8,11,16-17,20,23H,9-10H2,1-6H3. The summed E-state index contributed by atoms with van der Waals surface area (Å²) in [5, 5.41) is 17.4. The van der Waals surface area contributed by atoms with Crippen LogP contribution in [0.2, 0.25) is 0 Å². The van der Waals surface area contributed by atoms with Crippen LogP contribution in [0.4, 0.5) is 0 Å². The lowest BCUT2D eigenvalue weighted by molar-refractivity contribution is 0.0987. The number of aryl methyl sites for hydroxylation is 3. The lowest BCUT2D eigenvalue weighted by Gasteiger charge is -2.21. The zero-order valence-corrected chi connectivity index (χ0v) is 16.0. The van der Waals surface area contributed by atoms with Gasteiger partial charge in [0.15, 0.2) is 5.82 Å². The quantitative estimate of drug-likeness (QED) is 0.764. The van der Waals surface area contributed by atoms with Crippen molar-refractivity contribution in [2.45, 2.75) is 53.7 Å². The average Bonchev–Trinajstić information content (AvgIpc) is 2.97. The molecule has 1 aromatic heterocycles. The molecule has 2 N–H and O–H groups in total. The van der Waals surface area contributed by atoms with Gasteiger partial charge < -0.3 is 19.7 Å². The molecule has 1 aromatic carbocycles. The van der Waals surface area contributed by atoms with Crippen LogP contribution in [0.5, 0.6) is 5.75 Å². The summed E-state index contributed by atoms with van der Waals surface area (Å²) in [6, 6.07) is 4.02. The Bertz CT molecular complexity index is 697. The lowest BCUT2D eigenvalue weighted by atomic mass is 10.0. The number of benzene rings is 1. The van der Waals surface area contributed by atoms with Crippen LogP contribution in [0.1, 0.15) is 48.3 Å². The molecule has 6 heteroatoms. The zero-order chi connectivity index (χ0) is 18.6. The van der Waals surface area contributed by atoms with Crippen molar-refractivity contribution in [3.8, 4) is 5.75 Å². The van der Waals surface area contributed by atoms with Crippen LogP contribution in [0, 0.1) is 33.6 Å². The molecule has 6 nitrogen and oxygen atoms in total. The Morgan fingerprint density at radius 1 is 1.16 bits per heavy atom. The summed E-state index contributed by atoms with van der Waals surface area (Å²) in [6.07, 6.45) is -0.635. The van der Waals surface area contributed by atoms with E-state index in [0.717, 1.165) is 16.9 Å². The van der Waals surface area contributed by atoms with Gasteiger partial charge in [0.2, 0.25) is 5.89 Å². The summed E-state index contributed by atoms with van der Waals surface area (Å²) in [7, 11) is 0. The maximum Gasteiger partial charge on any atom is 0.244 e. The molecule has 2 aromatic rings. The SMILES string of the molecule is Cc1noc(C(NCC(O)COc2c(C)ccc(C)c2C)C(C)C)n1. The van der Waals surface area contributed by atoms with Crippen LogP contribution in [0.25, 0.3) is 0 Å². The summed E-state index contributed by atoms with van der Waals surface area (Å²) in [4.78, 5) is 4.28. The molecule has 0 aliphatic heterocycles. The molecule has 2 atom stereocenters. The third kappa shape index (κ3) is 5.03. The number of aliphatic hydroxyl groups is 1. The molecule has 0 aliphatic carbocycles. The van der Waals surface area contributed by atoms with Gasteiger partial charge in [0.25, 0.3) is 0 Å². The molecule has 0 saturated heterocycles. The normalized spacial score (nSPS) is 13.9. The summed E-state index contributed by atoms with van der Waals surface area (Å²) < 4.78 is 11.1. The van der Waals surface area contributed by atoms with Crippen molar-refractivity contribution in [2.24, 2.45) is 5.92 Å². The first-order valence-electron chi connectivity index (χ1n) is 8.70. The van der Waals surface area contributed by atoms with E-state index in [2.05, 4.69) is 42.3 Å². The summed E-state index contributed by atoms with van der Waals surface area (Å²) in [5.41, 5.74) is 3.37. The molecule has 25 heavy (non-hydrogen) atoms. The van der Waals surface area contributed by atoms with E-state index in [0.29, 0.717) is 18.3 Å². The third-order valence-corrected chi connectivity index (χ3v) is 4.34. The monoisotopic (exact) mass is 347 g/mol. The van der Waals surface area contributed by atoms with Crippen molar-refractivity contribution < 1.29 is 14.4 Å². The van der Waals surface area contributed by atoms with E-state index in [4.69, 9.17) is 9.26 Å². The molecule has 0 radical (unpaired) electrons. The smallest absolute Gasteiger partial charge is 0.244 e. The fourth-order valence-corrected chi connectivity index (χ4v) is 2.70. The molecule has 0 bridgehead atoms. The Morgan fingerprint density at radius 2 is 1.84 bits per heavy atom. The van der Waals surface area contributed by atoms with Crippen LogP contribution in [-0.2, 0) is 0 Å². The largest absolute Gasteiger partial charge is 0.490 e. The van der Waals surface area contributed by atoms with Crippen molar-refractivity contribution in [3.05, 3.63) is 40.5 Å². The number of hydrogen-bond acceptors (Lipinski definition) is 6. The molecule has 2 unspecified atom stereocenters. The molecule has 0 spiro atoms. The molecule has 0 aliphatic rings. The van der Waals surface area contributed by atoms with Gasteiger partial charge in [0.05, 0.1) is 6.04 Å². The number of nitrogens with zero attached hydrogens (tertiary/aromatic N) is 2. The number of aliphatic hydroxyl groups excluding tert-OH is 1. The second kappa shape index (κ2) is 8.45. The van der Waals surface area contributed by atoms with E-state index in [1.165, 1.54) is 5.56 Å². The molecule has 0 fully saturated rings. The van der Waals surface area contributed by atoms with E-state index in [1.807, 2.05) is 19.9 Å². The Kier molecular flexibility index (Phi) is 6.56. The van der Waals surface area contributed by atoms with Crippen LogP contribution in [0.3, 0.4) is 0 Å². The van der Waals surface area contributed by atoms with Gasteiger partial charge in [-0.25, -0.2) is 0 Å². The van der Waals surface area contributed by atoms with Crippen LogP contribution >= 0.6 is 0 Å². The van der Waals surface area contributed by atoms with Crippen LogP contribution in [-0.4, -0.2) is 34.5 Å². The molecular weight excluding hydrogens is 318 g/mol. The molecule has 0 amide bonds. The van der Waals surface area contributed by atoms with Gasteiger partial charge in [-0.15, -0.1) is 0 Å². The van der Waals surface area contributed by atoms with Crippen LogP contribution < -0.4 is 10.1 Å². The Hall–Kier alpha value is -1.92. The first-order valence-corrected chi connectivity index (χ1v) is 8.70. The minimum absolute atomic E-state index is 0.0988. The van der Waals surface area contributed by atoms with Crippen molar-refractivity contribution in [2.75, 3.05) is 13.2 Å². The van der Waals surface area contributed by atoms with Gasteiger partial charge in [-0.1, -0.05) is 31.1 Å². The van der Waals surface area contributed by atoms with Gasteiger partial charge in [-0.2, -0.15) is 4.98 Å². The zero-order valence-electron chi connectivity index (χ0n) is 16.0. The molecule has 2 rings (SSSR count). The first kappa shape index (κ1) is 19.4. The van der Waals surface area contributed by atoms with E-state index in [1.54, 1.807) is 6.92 Å². The minimum atomic E-state index is -0.635. The number of aromatic nitrogens is 2. The van der Waals surface area contributed by atoms with Crippen molar-refractivity contribution in [1.82, 2.24) is 15.5 Å². The van der Waals surface area contributed by atoms with Crippen molar-refractivity contribution in [3.63, 3.8) is 0 Å². The fraction of sp³-hybridized carbons (Fsp3) is 0.579. The fourth-order valence-electron chi connectivity index (χ4n) is 2.70. The van der Waals surface area contributed by atoms with Crippen LogP contribution in [0.15, 0.2) is 16.7 Å². The van der Waals surface area contributed by atoms with Gasteiger partial charge in [0, 0.05) is 6.54 Å². The number of rotatable bonds is 8. The topological polar surface area (TPSA) is 80.4 Å². The molecule has 1 heterocycles.